The van der Waals surface area contributed by atoms with Gasteiger partial charge in [-0.05, 0) is 24.7 Å². The third kappa shape index (κ3) is 1.49. The van der Waals surface area contributed by atoms with E-state index in [1.807, 2.05) is 13.8 Å². The molecule has 100 valence electrons. The maximum atomic E-state index is 12.0. The molecule has 0 amide bonds. The standard InChI is InChI=1S/C15H22O3/c1-8-10-4-6-15(3)7-5-11(16)9(2)12(15)13(10)18-14(8)17/h8-10,12-13H,4-7H2,1-3H3/t8-,9+,10+,12-,13-,15-/m1/s1. The molecule has 0 bridgehead atoms. The van der Waals surface area contributed by atoms with Gasteiger partial charge in [0.15, 0.2) is 0 Å². The van der Waals surface area contributed by atoms with E-state index >= 15 is 0 Å². The maximum Gasteiger partial charge on any atom is 0.309 e. The quantitative estimate of drug-likeness (QED) is 0.621. The Morgan fingerprint density at radius 2 is 1.89 bits per heavy atom. The number of carbonyl (C=O) groups excluding carboxylic acids is 2. The van der Waals surface area contributed by atoms with Crippen molar-refractivity contribution in [2.75, 3.05) is 0 Å². The zero-order valence-corrected chi connectivity index (χ0v) is 11.4. The molecule has 3 fully saturated rings. The van der Waals surface area contributed by atoms with E-state index in [-0.39, 0.29) is 35.2 Å². The zero-order chi connectivity index (χ0) is 13.1. The molecule has 2 aliphatic carbocycles. The van der Waals surface area contributed by atoms with Crippen LogP contribution >= 0.6 is 0 Å². The predicted molar refractivity (Wildman–Crippen MR) is 66.8 cm³/mol. The minimum atomic E-state index is -0.0560. The second-order valence-corrected chi connectivity index (χ2v) is 6.83. The Balaban J connectivity index is 1.96. The molecule has 0 N–H and O–H groups in total. The molecule has 3 heteroatoms. The number of carbonyl (C=O) groups is 2. The van der Waals surface area contributed by atoms with Crippen LogP contribution in [0.1, 0.15) is 46.5 Å². The molecule has 0 aromatic heterocycles. The SMILES string of the molecule is C[C@H]1C(=O)O[C@@H]2[C@H]1CC[C@]1(C)CCC(=O)[C@H](C)[C@H]21. The van der Waals surface area contributed by atoms with Crippen molar-refractivity contribution < 1.29 is 14.3 Å². The van der Waals surface area contributed by atoms with E-state index in [1.54, 1.807) is 0 Å². The molecular weight excluding hydrogens is 228 g/mol. The van der Waals surface area contributed by atoms with E-state index in [1.165, 1.54) is 0 Å². The van der Waals surface area contributed by atoms with Crippen molar-refractivity contribution >= 4 is 11.8 Å². The number of esters is 1. The molecule has 3 aliphatic rings. The highest BCUT2D eigenvalue weighted by Gasteiger charge is 2.58. The molecule has 3 rings (SSSR count). The lowest BCUT2D eigenvalue weighted by molar-refractivity contribution is -0.158. The largest absolute Gasteiger partial charge is 0.461 e. The number of Topliss-reactive ketones (excluding diaryl/α,β-unsaturated/α-hetero) is 1. The van der Waals surface area contributed by atoms with Crippen LogP contribution in [0.2, 0.25) is 0 Å². The minimum Gasteiger partial charge on any atom is -0.461 e. The van der Waals surface area contributed by atoms with Gasteiger partial charge < -0.3 is 4.74 Å². The predicted octanol–water partition coefficient (Wildman–Crippen LogP) is 2.58. The molecule has 6 atom stereocenters. The van der Waals surface area contributed by atoms with Crippen LogP contribution in [0.5, 0.6) is 0 Å². The highest BCUT2D eigenvalue weighted by molar-refractivity contribution is 5.82. The van der Waals surface area contributed by atoms with E-state index in [0.29, 0.717) is 18.1 Å². The summed E-state index contributed by atoms with van der Waals surface area (Å²) in [4.78, 5) is 23.8. The molecule has 0 unspecified atom stereocenters. The second-order valence-electron chi connectivity index (χ2n) is 6.83. The summed E-state index contributed by atoms with van der Waals surface area (Å²) >= 11 is 0. The lowest BCUT2D eigenvalue weighted by Crippen LogP contribution is -2.52. The van der Waals surface area contributed by atoms with Gasteiger partial charge in [-0.1, -0.05) is 20.8 Å². The first-order valence-corrected chi connectivity index (χ1v) is 7.17. The van der Waals surface area contributed by atoms with Crippen LogP contribution in [0, 0.1) is 29.1 Å². The molecule has 18 heavy (non-hydrogen) atoms. The molecule has 0 aromatic rings. The highest BCUT2D eigenvalue weighted by Crippen LogP contribution is 2.56. The average Bonchev–Trinajstić information content (AvgIpc) is 2.60. The number of rotatable bonds is 0. The lowest BCUT2D eigenvalue weighted by Gasteiger charge is -2.51. The summed E-state index contributed by atoms with van der Waals surface area (Å²) in [6, 6.07) is 0. The second kappa shape index (κ2) is 3.82. The van der Waals surface area contributed by atoms with Crippen molar-refractivity contribution in [1.82, 2.24) is 0 Å². The van der Waals surface area contributed by atoms with Gasteiger partial charge in [-0.3, -0.25) is 9.59 Å². The van der Waals surface area contributed by atoms with Crippen molar-refractivity contribution in [3.63, 3.8) is 0 Å². The molecule has 1 heterocycles. The summed E-state index contributed by atoms with van der Waals surface area (Å²) in [6.45, 7) is 6.29. The van der Waals surface area contributed by atoms with E-state index in [2.05, 4.69) is 6.92 Å². The topological polar surface area (TPSA) is 43.4 Å². The number of ether oxygens (including phenoxy) is 1. The Morgan fingerprint density at radius 3 is 2.61 bits per heavy atom. The van der Waals surface area contributed by atoms with Crippen LogP contribution in [-0.2, 0) is 14.3 Å². The third-order valence-corrected chi connectivity index (χ3v) is 5.88. The molecule has 0 aromatic carbocycles. The van der Waals surface area contributed by atoms with Gasteiger partial charge in [0.05, 0.1) is 5.92 Å². The summed E-state index contributed by atoms with van der Waals surface area (Å²) in [5, 5.41) is 0. The van der Waals surface area contributed by atoms with Crippen LogP contribution < -0.4 is 0 Å². The van der Waals surface area contributed by atoms with Crippen LogP contribution in [0.25, 0.3) is 0 Å². The molecule has 1 saturated heterocycles. The van der Waals surface area contributed by atoms with E-state index in [9.17, 15) is 9.59 Å². The monoisotopic (exact) mass is 250 g/mol. The van der Waals surface area contributed by atoms with Gasteiger partial charge in [0.1, 0.15) is 11.9 Å². The summed E-state index contributed by atoms with van der Waals surface area (Å²) in [5.41, 5.74) is 0.193. The van der Waals surface area contributed by atoms with Crippen LogP contribution in [0.3, 0.4) is 0 Å². The van der Waals surface area contributed by atoms with E-state index in [0.717, 1.165) is 19.3 Å². The zero-order valence-electron chi connectivity index (χ0n) is 11.4. The van der Waals surface area contributed by atoms with E-state index < -0.39 is 0 Å². The minimum absolute atomic E-state index is 0.00880. The summed E-state index contributed by atoms with van der Waals surface area (Å²) in [6.07, 6.45) is 3.87. The third-order valence-electron chi connectivity index (χ3n) is 5.88. The number of hydrogen-bond donors (Lipinski definition) is 0. The smallest absolute Gasteiger partial charge is 0.309 e. The molecule has 0 radical (unpaired) electrons. The fourth-order valence-corrected chi connectivity index (χ4v) is 4.62. The van der Waals surface area contributed by atoms with E-state index in [4.69, 9.17) is 4.74 Å². The Kier molecular flexibility index (Phi) is 2.58. The molecule has 0 spiro atoms. The highest BCUT2D eigenvalue weighted by atomic mass is 16.6. The van der Waals surface area contributed by atoms with Crippen molar-refractivity contribution in [2.24, 2.45) is 29.1 Å². The molecule has 3 nitrogen and oxygen atoms in total. The average molecular weight is 250 g/mol. The number of fused-ring (bicyclic) bond motifs is 3. The molecule has 2 saturated carbocycles. The fraction of sp³-hybridized carbons (Fsp3) is 0.867. The number of ketones is 1. The molecule has 1 aliphatic heterocycles. The summed E-state index contributed by atoms with van der Waals surface area (Å²) < 4.78 is 5.64. The Morgan fingerprint density at radius 1 is 1.17 bits per heavy atom. The fourth-order valence-electron chi connectivity index (χ4n) is 4.62. The van der Waals surface area contributed by atoms with Gasteiger partial charge in [-0.2, -0.15) is 0 Å². The van der Waals surface area contributed by atoms with Crippen LogP contribution in [0.15, 0.2) is 0 Å². The maximum absolute atomic E-state index is 12.0. The number of hydrogen-bond acceptors (Lipinski definition) is 3. The van der Waals surface area contributed by atoms with Gasteiger partial charge in [-0.25, -0.2) is 0 Å². The normalized spacial score (nSPS) is 51.6. The first kappa shape index (κ1) is 12.2. The summed E-state index contributed by atoms with van der Waals surface area (Å²) in [7, 11) is 0. The van der Waals surface area contributed by atoms with Gasteiger partial charge in [0.25, 0.3) is 0 Å². The van der Waals surface area contributed by atoms with Crippen LogP contribution in [-0.4, -0.2) is 17.9 Å². The van der Waals surface area contributed by atoms with Crippen molar-refractivity contribution in [3.8, 4) is 0 Å². The summed E-state index contributed by atoms with van der Waals surface area (Å²) in [5.74, 6) is 0.946. The van der Waals surface area contributed by atoms with Gasteiger partial charge in [0, 0.05) is 24.2 Å². The first-order chi connectivity index (χ1) is 8.44. The van der Waals surface area contributed by atoms with Gasteiger partial charge >= 0.3 is 5.97 Å². The Hall–Kier alpha value is -0.860. The van der Waals surface area contributed by atoms with Gasteiger partial charge in [0.2, 0.25) is 0 Å². The molecular formula is C15H22O3. The van der Waals surface area contributed by atoms with Crippen LogP contribution in [0.4, 0.5) is 0 Å². The Bertz CT molecular complexity index is 403. The van der Waals surface area contributed by atoms with Crippen molar-refractivity contribution in [3.05, 3.63) is 0 Å². The van der Waals surface area contributed by atoms with Gasteiger partial charge in [-0.15, -0.1) is 0 Å². The lowest BCUT2D eigenvalue weighted by atomic mass is 9.53. The first-order valence-electron chi connectivity index (χ1n) is 7.17. The van der Waals surface area contributed by atoms with Crippen molar-refractivity contribution in [1.29, 1.82) is 0 Å². The van der Waals surface area contributed by atoms with Crippen molar-refractivity contribution in [2.45, 2.75) is 52.6 Å². The Labute approximate surface area is 108 Å².